The number of ether oxygens (including phenoxy) is 1. The van der Waals surface area contributed by atoms with Crippen molar-refractivity contribution in [1.29, 1.82) is 0 Å². The summed E-state index contributed by atoms with van der Waals surface area (Å²) in [5.74, 6) is -2.90. The number of nitrogens with zero attached hydrogens (tertiary/aromatic N) is 2. The first-order chi connectivity index (χ1) is 25.4. The number of likely N-dealkylation sites (N-methyl/N-ethyl adjacent to an activating group) is 1. The third-order valence-corrected chi connectivity index (χ3v) is 10.7. The van der Waals surface area contributed by atoms with Crippen molar-refractivity contribution in [2.75, 3.05) is 26.7 Å². The topological polar surface area (TPSA) is 189 Å². The van der Waals surface area contributed by atoms with Crippen LogP contribution in [0.25, 0.3) is 0 Å². The predicted molar refractivity (Wildman–Crippen MR) is 200 cm³/mol. The van der Waals surface area contributed by atoms with Gasteiger partial charge in [-0.05, 0) is 55.8 Å². The van der Waals surface area contributed by atoms with E-state index in [0.717, 1.165) is 11.1 Å². The van der Waals surface area contributed by atoms with Crippen molar-refractivity contribution in [3.8, 4) is 0 Å². The molecule has 13 nitrogen and oxygen atoms in total. The van der Waals surface area contributed by atoms with Crippen molar-refractivity contribution in [3.63, 3.8) is 0 Å². The molecule has 1 aliphatic carbocycles. The van der Waals surface area contributed by atoms with Gasteiger partial charge in [0.15, 0.2) is 11.8 Å². The van der Waals surface area contributed by atoms with E-state index in [1.807, 2.05) is 48.5 Å². The second-order valence-corrected chi connectivity index (χ2v) is 14.2. The summed E-state index contributed by atoms with van der Waals surface area (Å²) in [6.07, 6.45) is -0.744. The van der Waals surface area contributed by atoms with Gasteiger partial charge in [-0.2, -0.15) is 0 Å². The molecule has 2 aliphatic rings. The van der Waals surface area contributed by atoms with Gasteiger partial charge in [-0.3, -0.25) is 24.9 Å². The number of nitrogens with one attached hydrogen (secondary N) is 3. The van der Waals surface area contributed by atoms with Crippen LogP contribution < -0.4 is 27.4 Å². The number of hydrogen-bond donors (Lipinski definition) is 5. The highest BCUT2D eigenvalue weighted by atomic mass is 16.6. The van der Waals surface area contributed by atoms with Gasteiger partial charge < -0.3 is 36.2 Å². The lowest BCUT2D eigenvalue weighted by atomic mass is 9.56. The summed E-state index contributed by atoms with van der Waals surface area (Å²) in [5.41, 5.74) is 11.6. The van der Waals surface area contributed by atoms with Gasteiger partial charge in [0.25, 0.3) is 0 Å². The highest BCUT2D eigenvalue weighted by molar-refractivity contribution is 6.04. The molecule has 1 aliphatic heterocycles. The van der Waals surface area contributed by atoms with Gasteiger partial charge >= 0.3 is 6.09 Å². The van der Waals surface area contributed by atoms with Crippen LogP contribution in [0.1, 0.15) is 62.1 Å². The Labute approximate surface area is 310 Å². The molecule has 53 heavy (non-hydrogen) atoms. The summed E-state index contributed by atoms with van der Waals surface area (Å²) in [5, 5.41) is 8.79. The van der Waals surface area contributed by atoms with Crippen LogP contribution in [0.15, 0.2) is 84.9 Å². The van der Waals surface area contributed by atoms with Crippen molar-refractivity contribution >= 4 is 29.7 Å². The van der Waals surface area contributed by atoms with Crippen LogP contribution >= 0.6 is 0 Å². The standard InChI is InChI=1S/C40H51N7O6/c1-26(2)32(45-34(48)27(3)43-4)35(49)47-23-22-46(38(52)53-33(41)30-17-9-6-10-18-30)25-40(47,37(51)44-24-28-14-7-5-8-15-28)39(36(42)50)21-13-19-29-16-11-12-20-31(29)39/h5-12,14-18,20,26-27,32-33,43H,13,19,21-25,41H2,1-4H3,(H2,42,50)(H,44,51)(H,45,48)/t27-,32-,33?,39?,40-/m0/s1. The third kappa shape index (κ3) is 7.63. The van der Waals surface area contributed by atoms with Crippen LogP contribution in [0, 0.1) is 5.92 Å². The first kappa shape index (κ1) is 38.9. The molecule has 0 saturated carbocycles. The Kier molecular flexibility index (Phi) is 12.2. The average Bonchev–Trinajstić information content (AvgIpc) is 3.18. The van der Waals surface area contributed by atoms with Gasteiger partial charge in [-0.15, -0.1) is 0 Å². The Bertz CT molecular complexity index is 1790. The summed E-state index contributed by atoms with van der Waals surface area (Å²) in [7, 11) is 1.64. The summed E-state index contributed by atoms with van der Waals surface area (Å²) < 4.78 is 5.75. The van der Waals surface area contributed by atoms with Crippen LogP contribution in [0.2, 0.25) is 0 Å². The SMILES string of the molecule is CN[C@@H](C)C(=O)N[C@H](C(=O)N1CCN(C(=O)OC(N)c2ccccc2)C[C@]1(C(=O)NCc1ccccc1)C1(C(N)=O)CCCc2ccccc21)C(C)C. The number of fused-ring (bicyclic) bond motifs is 1. The molecule has 0 bridgehead atoms. The molecule has 3 aromatic rings. The monoisotopic (exact) mass is 725 g/mol. The molecule has 282 valence electrons. The Morgan fingerprint density at radius 3 is 2.17 bits per heavy atom. The molecule has 7 N–H and O–H groups in total. The lowest BCUT2D eigenvalue weighted by molar-refractivity contribution is -0.167. The minimum Gasteiger partial charge on any atom is -0.426 e. The fourth-order valence-electron chi connectivity index (χ4n) is 7.69. The highest BCUT2D eigenvalue weighted by Gasteiger charge is 2.68. The van der Waals surface area contributed by atoms with Crippen molar-refractivity contribution in [2.24, 2.45) is 17.4 Å². The number of carbonyl (C=O) groups is 5. The van der Waals surface area contributed by atoms with Gasteiger partial charge in [0.2, 0.25) is 23.6 Å². The lowest BCUT2D eigenvalue weighted by Gasteiger charge is -2.59. The molecular weight excluding hydrogens is 674 g/mol. The fraction of sp³-hybridized carbons (Fsp3) is 0.425. The van der Waals surface area contributed by atoms with Crippen LogP contribution in [0.4, 0.5) is 4.79 Å². The smallest absolute Gasteiger partial charge is 0.411 e. The molecule has 2 unspecified atom stereocenters. The van der Waals surface area contributed by atoms with Crippen LogP contribution in [0.5, 0.6) is 0 Å². The molecule has 0 aromatic heterocycles. The summed E-state index contributed by atoms with van der Waals surface area (Å²) in [4.78, 5) is 75.0. The molecule has 5 amide bonds. The van der Waals surface area contributed by atoms with Gasteiger partial charge in [0, 0.05) is 25.2 Å². The molecule has 1 heterocycles. The fourth-order valence-corrected chi connectivity index (χ4v) is 7.69. The number of primary amides is 1. The number of carbonyl (C=O) groups excluding carboxylic acids is 5. The molecule has 0 radical (unpaired) electrons. The molecule has 5 atom stereocenters. The summed E-state index contributed by atoms with van der Waals surface area (Å²) in [6, 6.07) is 23.6. The predicted octanol–water partition coefficient (Wildman–Crippen LogP) is 2.49. The Morgan fingerprint density at radius 2 is 1.53 bits per heavy atom. The number of aryl methyl sites for hydroxylation is 1. The van der Waals surface area contributed by atoms with Crippen molar-refractivity contribution in [1.82, 2.24) is 25.8 Å². The van der Waals surface area contributed by atoms with E-state index in [4.69, 9.17) is 16.2 Å². The molecular formula is C40H51N7O6. The van der Waals surface area contributed by atoms with Crippen LogP contribution in [0.3, 0.4) is 0 Å². The molecule has 1 fully saturated rings. The van der Waals surface area contributed by atoms with E-state index in [1.54, 1.807) is 64.2 Å². The Balaban J connectivity index is 1.70. The van der Waals surface area contributed by atoms with Gasteiger partial charge in [0.1, 0.15) is 11.5 Å². The zero-order valence-corrected chi connectivity index (χ0v) is 30.8. The number of rotatable bonds is 12. The number of nitrogens with two attached hydrogens (primary N) is 2. The van der Waals surface area contributed by atoms with E-state index >= 15 is 9.59 Å². The third-order valence-electron chi connectivity index (χ3n) is 10.7. The molecule has 1 saturated heterocycles. The zero-order chi connectivity index (χ0) is 38.3. The number of amides is 5. The lowest BCUT2D eigenvalue weighted by Crippen LogP contribution is -2.81. The van der Waals surface area contributed by atoms with E-state index in [1.165, 1.54) is 9.80 Å². The molecule has 13 heteroatoms. The quantitative estimate of drug-likeness (QED) is 0.176. The maximum atomic E-state index is 15.4. The normalized spacial score (nSPS) is 21.5. The molecule has 3 aromatic carbocycles. The van der Waals surface area contributed by atoms with Crippen LogP contribution in [-0.4, -0.2) is 83.8 Å². The Morgan fingerprint density at radius 1 is 0.887 bits per heavy atom. The van der Waals surface area contributed by atoms with E-state index in [0.29, 0.717) is 24.0 Å². The maximum Gasteiger partial charge on any atom is 0.411 e. The maximum absolute atomic E-state index is 15.4. The van der Waals surface area contributed by atoms with Crippen molar-refractivity contribution in [2.45, 2.75) is 75.8 Å². The molecule has 0 spiro atoms. The first-order valence-electron chi connectivity index (χ1n) is 18.1. The van der Waals surface area contributed by atoms with Gasteiger partial charge in [0.05, 0.1) is 12.6 Å². The minimum absolute atomic E-state index is 0.0536. The van der Waals surface area contributed by atoms with Crippen molar-refractivity contribution < 1.29 is 28.7 Å². The second-order valence-electron chi connectivity index (χ2n) is 14.2. The van der Waals surface area contributed by atoms with E-state index in [9.17, 15) is 14.4 Å². The van der Waals surface area contributed by atoms with Gasteiger partial charge in [-0.25, -0.2) is 4.79 Å². The molecule has 5 rings (SSSR count). The first-order valence-corrected chi connectivity index (χ1v) is 18.1. The van der Waals surface area contributed by atoms with Crippen molar-refractivity contribution in [3.05, 3.63) is 107 Å². The van der Waals surface area contributed by atoms with E-state index in [2.05, 4.69) is 16.0 Å². The zero-order valence-electron chi connectivity index (χ0n) is 30.8. The number of benzene rings is 3. The summed E-state index contributed by atoms with van der Waals surface area (Å²) >= 11 is 0. The minimum atomic E-state index is -2.10. The average molecular weight is 726 g/mol. The van der Waals surface area contributed by atoms with E-state index < -0.39 is 71.5 Å². The Hall–Kier alpha value is -5.27. The number of piperazine rings is 1. The number of hydrogen-bond acceptors (Lipinski definition) is 8. The summed E-state index contributed by atoms with van der Waals surface area (Å²) in [6.45, 7) is 4.65. The van der Waals surface area contributed by atoms with Crippen LogP contribution in [-0.2, 0) is 42.3 Å². The second kappa shape index (κ2) is 16.6. The van der Waals surface area contributed by atoms with E-state index in [-0.39, 0.29) is 26.1 Å². The van der Waals surface area contributed by atoms with Gasteiger partial charge in [-0.1, -0.05) is 98.8 Å². The highest BCUT2D eigenvalue weighted by Crippen LogP contribution is 2.50. The largest absolute Gasteiger partial charge is 0.426 e.